The molecule has 1 N–H and O–H groups in total. The summed E-state index contributed by atoms with van der Waals surface area (Å²) in [5.74, 6) is 0.700. The number of hydrogen-bond acceptors (Lipinski definition) is 5. The number of likely N-dealkylation sites (tertiary alicyclic amines) is 1. The van der Waals surface area contributed by atoms with Crippen molar-refractivity contribution in [3.8, 4) is 5.19 Å². The fraction of sp³-hybridized carbons (Fsp3) is 0.611. The van der Waals surface area contributed by atoms with E-state index in [2.05, 4.69) is 40.4 Å². The number of benzene rings is 1. The van der Waals surface area contributed by atoms with Gasteiger partial charge in [0.15, 0.2) is 0 Å². The zero-order valence-electron chi connectivity index (χ0n) is 13.8. The maximum absolute atomic E-state index is 6.10. The average Bonchev–Trinajstić information content (AvgIpc) is 2.98. The van der Waals surface area contributed by atoms with Gasteiger partial charge in [0, 0.05) is 0 Å². The lowest BCUT2D eigenvalue weighted by Crippen LogP contribution is -2.34. The van der Waals surface area contributed by atoms with E-state index in [1.54, 1.807) is 11.3 Å². The van der Waals surface area contributed by atoms with E-state index in [-0.39, 0.29) is 0 Å². The van der Waals surface area contributed by atoms with Gasteiger partial charge in [-0.25, -0.2) is 4.98 Å². The zero-order valence-corrected chi connectivity index (χ0v) is 14.6. The first-order chi connectivity index (χ1) is 11.3. The van der Waals surface area contributed by atoms with Crippen molar-refractivity contribution in [3.05, 3.63) is 23.8 Å². The van der Waals surface area contributed by atoms with Crippen molar-refractivity contribution >= 4 is 21.6 Å². The normalized spacial score (nSPS) is 21.8. The van der Waals surface area contributed by atoms with E-state index in [9.17, 15) is 0 Å². The van der Waals surface area contributed by atoms with Crippen LogP contribution in [-0.2, 0) is 0 Å². The maximum Gasteiger partial charge on any atom is 0.274 e. The summed E-state index contributed by atoms with van der Waals surface area (Å²) in [6, 6.07) is 6.79. The highest BCUT2D eigenvalue weighted by molar-refractivity contribution is 7.20. The Balaban J connectivity index is 1.50. The topological polar surface area (TPSA) is 37.4 Å². The minimum atomic E-state index is 0.324. The Kier molecular flexibility index (Phi) is 4.51. The van der Waals surface area contributed by atoms with Gasteiger partial charge in [-0.05, 0) is 82.5 Å². The summed E-state index contributed by atoms with van der Waals surface area (Å²) < 4.78 is 7.37. The number of aromatic nitrogens is 1. The van der Waals surface area contributed by atoms with E-state index in [1.807, 2.05) is 0 Å². The van der Waals surface area contributed by atoms with Crippen molar-refractivity contribution in [1.29, 1.82) is 0 Å². The summed E-state index contributed by atoms with van der Waals surface area (Å²) >= 11 is 1.71. The van der Waals surface area contributed by atoms with Gasteiger partial charge in [0.05, 0.1) is 10.2 Å². The highest BCUT2D eigenvalue weighted by Crippen LogP contribution is 2.34. The Labute approximate surface area is 141 Å². The summed E-state index contributed by atoms with van der Waals surface area (Å²) in [7, 11) is 2.22. The number of fused-ring (bicyclic) bond motifs is 1. The van der Waals surface area contributed by atoms with Gasteiger partial charge in [-0.2, -0.15) is 0 Å². The van der Waals surface area contributed by atoms with Crippen LogP contribution in [0.15, 0.2) is 18.2 Å². The summed E-state index contributed by atoms with van der Waals surface area (Å²) in [5.41, 5.74) is 2.55. The highest BCUT2D eigenvalue weighted by Gasteiger charge is 2.20. The van der Waals surface area contributed by atoms with E-state index < -0.39 is 0 Å². The fourth-order valence-electron chi connectivity index (χ4n) is 3.62. The summed E-state index contributed by atoms with van der Waals surface area (Å²) in [5, 5.41) is 4.21. The van der Waals surface area contributed by atoms with Crippen molar-refractivity contribution in [2.45, 2.75) is 37.7 Å². The standard InChI is InChI=1S/C18H25N3OS/c1-21-10-6-13(7-11-21)14-2-3-16-17(12-14)23-18(20-16)22-15-4-8-19-9-5-15/h2-3,12-13,15,19H,4-11H2,1H3. The van der Waals surface area contributed by atoms with Crippen LogP contribution in [0, 0.1) is 0 Å². The molecule has 2 aliphatic heterocycles. The quantitative estimate of drug-likeness (QED) is 0.937. The Hall–Kier alpha value is -1.17. The first-order valence-electron chi connectivity index (χ1n) is 8.74. The Morgan fingerprint density at radius 3 is 2.74 bits per heavy atom. The van der Waals surface area contributed by atoms with Crippen LogP contribution in [0.4, 0.5) is 0 Å². The molecule has 23 heavy (non-hydrogen) atoms. The first kappa shape index (κ1) is 15.4. The molecule has 2 fully saturated rings. The third-order valence-corrected chi connectivity index (χ3v) is 6.05. The summed E-state index contributed by atoms with van der Waals surface area (Å²) in [6.45, 7) is 4.51. The average molecular weight is 331 g/mol. The Bertz CT molecular complexity index is 657. The van der Waals surface area contributed by atoms with Gasteiger partial charge in [0.1, 0.15) is 6.10 Å². The van der Waals surface area contributed by atoms with Gasteiger partial charge in [-0.3, -0.25) is 0 Å². The predicted octanol–water partition coefficient (Wildman–Crippen LogP) is 3.24. The molecule has 0 radical (unpaired) electrons. The van der Waals surface area contributed by atoms with Crippen LogP contribution in [0.1, 0.15) is 37.2 Å². The molecule has 3 heterocycles. The minimum absolute atomic E-state index is 0.324. The van der Waals surface area contributed by atoms with Gasteiger partial charge in [-0.15, -0.1) is 0 Å². The number of nitrogens with one attached hydrogen (secondary N) is 1. The van der Waals surface area contributed by atoms with Crippen molar-refractivity contribution in [1.82, 2.24) is 15.2 Å². The largest absolute Gasteiger partial charge is 0.467 e. The third-order valence-electron chi connectivity index (χ3n) is 5.14. The number of nitrogens with zero attached hydrogens (tertiary/aromatic N) is 2. The minimum Gasteiger partial charge on any atom is -0.467 e. The van der Waals surface area contributed by atoms with Crippen LogP contribution in [0.3, 0.4) is 0 Å². The lowest BCUT2D eigenvalue weighted by Gasteiger charge is -2.29. The molecule has 0 unspecified atom stereocenters. The van der Waals surface area contributed by atoms with Crippen LogP contribution in [0.25, 0.3) is 10.2 Å². The maximum atomic E-state index is 6.10. The number of hydrogen-bond donors (Lipinski definition) is 1. The molecule has 0 saturated carbocycles. The predicted molar refractivity (Wildman–Crippen MR) is 95.6 cm³/mol. The van der Waals surface area contributed by atoms with E-state index in [1.165, 1.54) is 36.2 Å². The summed E-state index contributed by atoms with van der Waals surface area (Å²) in [4.78, 5) is 7.10. The van der Waals surface area contributed by atoms with E-state index >= 15 is 0 Å². The van der Waals surface area contributed by atoms with Gasteiger partial charge in [0.25, 0.3) is 5.19 Å². The molecule has 0 bridgehead atoms. The number of rotatable bonds is 3. The molecule has 0 amide bonds. The van der Waals surface area contributed by atoms with Gasteiger partial charge in [0.2, 0.25) is 0 Å². The van der Waals surface area contributed by atoms with Crippen molar-refractivity contribution in [2.24, 2.45) is 0 Å². The number of thiazole rings is 1. The van der Waals surface area contributed by atoms with Crippen LogP contribution >= 0.6 is 11.3 Å². The van der Waals surface area contributed by atoms with Gasteiger partial charge in [-0.1, -0.05) is 17.4 Å². The SMILES string of the molecule is CN1CCC(c2ccc3nc(OC4CCNCC4)sc3c2)CC1. The second-order valence-electron chi connectivity index (χ2n) is 6.85. The summed E-state index contributed by atoms with van der Waals surface area (Å²) in [6.07, 6.45) is 5.01. The van der Waals surface area contributed by atoms with Crippen molar-refractivity contribution in [3.63, 3.8) is 0 Å². The van der Waals surface area contributed by atoms with E-state index in [0.29, 0.717) is 12.0 Å². The second kappa shape index (κ2) is 6.75. The molecule has 4 rings (SSSR count). The van der Waals surface area contributed by atoms with Gasteiger partial charge < -0.3 is 15.0 Å². The molecule has 2 aromatic rings. The smallest absolute Gasteiger partial charge is 0.274 e. The number of piperidine rings is 2. The first-order valence-corrected chi connectivity index (χ1v) is 9.56. The van der Waals surface area contributed by atoms with Crippen LogP contribution in [-0.4, -0.2) is 49.2 Å². The second-order valence-corrected chi connectivity index (χ2v) is 7.84. The molecule has 5 heteroatoms. The number of ether oxygens (including phenoxy) is 1. The molecule has 1 aromatic heterocycles. The van der Waals surface area contributed by atoms with Crippen molar-refractivity contribution in [2.75, 3.05) is 33.2 Å². The van der Waals surface area contributed by atoms with Crippen molar-refractivity contribution < 1.29 is 4.74 Å². The van der Waals surface area contributed by atoms with E-state index in [4.69, 9.17) is 4.74 Å². The molecule has 124 valence electrons. The molecule has 2 aliphatic rings. The van der Waals surface area contributed by atoms with Crippen LogP contribution in [0.5, 0.6) is 5.19 Å². The Morgan fingerprint density at radius 1 is 1.17 bits per heavy atom. The fourth-order valence-corrected chi connectivity index (χ4v) is 4.55. The molecule has 0 spiro atoms. The molecule has 0 atom stereocenters. The molecular weight excluding hydrogens is 306 g/mol. The lowest BCUT2D eigenvalue weighted by molar-refractivity contribution is 0.162. The zero-order chi connectivity index (χ0) is 15.6. The van der Waals surface area contributed by atoms with Crippen LogP contribution in [0.2, 0.25) is 0 Å². The van der Waals surface area contributed by atoms with Gasteiger partial charge >= 0.3 is 0 Å². The van der Waals surface area contributed by atoms with Crippen LogP contribution < -0.4 is 10.1 Å². The lowest BCUT2D eigenvalue weighted by atomic mass is 9.90. The monoisotopic (exact) mass is 331 g/mol. The molecule has 4 nitrogen and oxygen atoms in total. The molecule has 0 aliphatic carbocycles. The Morgan fingerprint density at radius 2 is 1.96 bits per heavy atom. The molecule has 2 saturated heterocycles. The third kappa shape index (κ3) is 3.52. The van der Waals surface area contributed by atoms with E-state index in [0.717, 1.165) is 36.6 Å². The molecular formula is C18H25N3OS. The highest BCUT2D eigenvalue weighted by atomic mass is 32.1. The molecule has 1 aromatic carbocycles.